The second-order valence-electron chi connectivity index (χ2n) is 18.8. The quantitative estimate of drug-likeness (QED) is 0.249. The lowest BCUT2D eigenvalue weighted by molar-refractivity contribution is -0.203. The van der Waals surface area contributed by atoms with Crippen LogP contribution in [-0.4, -0.2) is 127 Å². The molecule has 0 saturated carbocycles. The number of esters is 1. The van der Waals surface area contributed by atoms with Crippen LogP contribution < -0.4 is 10.7 Å². The monoisotopic (exact) mass is 853 g/mol. The van der Waals surface area contributed by atoms with Gasteiger partial charge in [0.1, 0.15) is 23.2 Å². The van der Waals surface area contributed by atoms with Gasteiger partial charge in [-0.05, 0) is 56.0 Å². The number of likely N-dealkylation sites (tertiary alicyclic amines) is 1. The van der Waals surface area contributed by atoms with E-state index in [-0.39, 0.29) is 41.9 Å². The van der Waals surface area contributed by atoms with E-state index in [4.69, 9.17) is 33.7 Å². The van der Waals surface area contributed by atoms with Crippen LogP contribution in [0.5, 0.6) is 0 Å². The van der Waals surface area contributed by atoms with Crippen molar-refractivity contribution in [2.45, 2.75) is 83.3 Å². The normalized spacial score (nSPS) is 28.2. The van der Waals surface area contributed by atoms with Gasteiger partial charge < -0.3 is 33.6 Å². The molecule has 5 saturated heterocycles. The van der Waals surface area contributed by atoms with Gasteiger partial charge in [-0.25, -0.2) is 10.4 Å². The SMILES string of the molecule is CO[C@@H](C)c1ncccc1-c1c2c3cc(ccc3n1C1COC1)-c1csc(n1)[C@@H](N1CC3(COC3)C1)[C@H](NC(=O)[C@H]1OC[C@@H]1C)C(=O)N1CCC[C@H](N1)C(=O)OCC(C)(C)C2. The molecule has 5 fully saturated rings. The number of rotatable bonds is 7. The summed E-state index contributed by atoms with van der Waals surface area (Å²) in [6, 6.07) is 8.39. The lowest BCUT2D eigenvalue weighted by Crippen LogP contribution is -2.70. The van der Waals surface area contributed by atoms with E-state index in [2.05, 4.69) is 63.7 Å². The Morgan fingerprint density at radius 1 is 1.10 bits per heavy atom. The summed E-state index contributed by atoms with van der Waals surface area (Å²) in [7, 11) is 1.70. The molecule has 6 bridgehead atoms. The molecule has 0 unspecified atom stereocenters. The van der Waals surface area contributed by atoms with Gasteiger partial charge in [-0.1, -0.05) is 26.8 Å². The topological polar surface area (TPSA) is 159 Å². The third-order valence-corrected chi connectivity index (χ3v) is 14.4. The summed E-state index contributed by atoms with van der Waals surface area (Å²) in [6.07, 6.45) is 2.58. The van der Waals surface area contributed by atoms with E-state index in [1.54, 1.807) is 7.11 Å². The molecule has 1 aromatic carbocycles. The first kappa shape index (κ1) is 40.8. The third-order valence-electron chi connectivity index (χ3n) is 13.5. The number of cyclic esters (lactones) is 1. The number of pyridine rings is 1. The molecule has 4 aromatic rings. The number of hydrogen-bond acceptors (Lipinski definition) is 13. The molecule has 9 heterocycles. The number of amides is 2. The van der Waals surface area contributed by atoms with Gasteiger partial charge in [0.15, 0.2) is 0 Å². The minimum absolute atomic E-state index is 0.0221. The van der Waals surface area contributed by atoms with Crippen molar-refractivity contribution in [1.29, 1.82) is 0 Å². The summed E-state index contributed by atoms with van der Waals surface area (Å²) >= 11 is 1.49. The van der Waals surface area contributed by atoms with Crippen molar-refractivity contribution in [2.24, 2.45) is 16.7 Å². The number of nitrogens with one attached hydrogen (secondary N) is 2. The Morgan fingerprint density at radius 3 is 2.61 bits per heavy atom. The Labute approximate surface area is 359 Å². The van der Waals surface area contributed by atoms with E-state index in [0.29, 0.717) is 71.9 Å². The third kappa shape index (κ3) is 7.27. The lowest BCUT2D eigenvalue weighted by Gasteiger charge is -2.58. The average molecular weight is 854 g/mol. The van der Waals surface area contributed by atoms with Gasteiger partial charge in [0.2, 0.25) is 5.91 Å². The Morgan fingerprint density at radius 2 is 1.92 bits per heavy atom. The minimum atomic E-state index is -1.01. The molecule has 6 aliphatic rings. The van der Waals surface area contributed by atoms with Crippen molar-refractivity contribution in [3.05, 3.63) is 58.2 Å². The van der Waals surface area contributed by atoms with Crippen LogP contribution in [-0.2, 0) is 44.5 Å². The van der Waals surface area contributed by atoms with E-state index in [1.165, 1.54) is 16.3 Å². The summed E-state index contributed by atoms with van der Waals surface area (Å²) in [4.78, 5) is 55.3. The number of nitrogens with zero attached hydrogens (tertiary/aromatic N) is 5. The van der Waals surface area contributed by atoms with E-state index < -0.39 is 35.6 Å². The van der Waals surface area contributed by atoms with Gasteiger partial charge in [-0.15, -0.1) is 11.3 Å². The predicted molar refractivity (Wildman–Crippen MR) is 226 cm³/mol. The van der Waals surface area contributed by atoms with Crippen LogP contribution in [0.15, 0.2) is 41.9 Å². The number of hydrazine groups is 1. The van der Waals surface area contributed by atoms with Gasteiger partial charge in [-0.3, -0.25) is 29.3 Å². The Kier molecular flexibility index (Phi) is 10.6. The van der Waals surface area contributed by atoms with E-state index in [1.807, 2.05) is 26.1 Å². The van der Waals surface area contributed by atoms with E-state index in [0.717, 1.165) is 49.7 Å². The van der Waals surface area contributed by atoms with Crippen molar-refractivity contribution < 1.29 is 38.1 Å². The first-order chi connectivity index (χ1) is 29.4. The summed E-state index contributed by atoms with van der Waals surface area (Å²) in [5.74, 6) is -1.05. The van der Waals surface area contributed by atoms with E-state index in [9.17, 15) is 14.4 Å². The average Bonchev–Trinajstić information content (AvgIpc) is 3.80. The molecule has 324 valence electrons. The fraction of sp³-hybridized carbons (Fsp3) is 0.578. The molecule has 6 aliphatic heterocycles. The lowest BCUT2D eigenvalue weighted by atomic mass is 9.76. The summed E-state index contributed by atoms with van der Waals surface area (Å²) in [5.41, 5.74) is 9.54. The molecule has 3 aromatic heterocycles. The van der Waals surface area contributed by atoms with Crippen LogP contribution in [0.1, 0.15) is 75.0 Å². The maximum absolute atomic E-state index is 14.9. The molecule has 15 nitrogen and oxygen atoms in total. The molecule has 0 aliphatic carbocycles. The van der Waals surface area contributed by atoms with Crippen LogP contribution in [0.25, 0.3) is 33.4 Å². The number of carbonyl (C=O) groups is 3. The van der Waals surface area contributed by atoms with Crippen molar-refractivity contribution in [3.63, 3.8) is 0 Å². The number of methoxy groups -OCH3 is 1. The molecule has 10 rings (SSSR count). The van der Waals surface area contributed by atoms with Gasteiger partial charge in [-0.2, -0.15) is 0 Å². The molecule has 2 amide bonds. The number of fused-ring (bicyclic) bond motifs is 6. The summed E-state index contributed by atoms with van der Waals surface area (Å²) < 4.78 is 31.6. The highest BCUT2D eigenvalue weighted by molar-refractivity contribution is 7.10. The van der Waals surface area contributed by atoms with Crippen molar-refractivity contribution in [2.75, 3.05) is 66.4 Å². The van der Waals surface area contributed by atoms with Crippen molar-refractivity contribution in [3.8, 4) is 22.5 Å². The molecule has 6 atom stereocenters. The highest BCUT2D eigenvalue weighted by Crippen LogP contribution is 2.47. The smallest absolute Gasteiger partial charge is 0.324 e. The highest BCUT2D eigenvalue weighted by Gasteiger charge is 2.55. The van der Waals surface area contributed by atoms with Crippen molar-refractivity contribution >= 4 is 40.0 Å². The largest absolute Gasteiger partial charge is 0.464 e. The fourth-order valence-electron chi connectivity index (χ4n) is 9.88. The van der Waals surface area contributed by atoms with Crippen LogP contribution in [0, 0.1) is 16.7 Å². The molecule has 1 spiro atoms. The zero-order valence-electron chi connectivity index (χ0n) is 35.5. The van der Waals surface area contributed by atoms with E-state index >= 15 is 0 Å². The summed E-state index contributed by atoms with van der Waals surface area (Å²) in [6.45, 7) is 13.1. The van der Waals surface area contributed by atoms with Gasteiger partial charge in [0.05, 0.1) is 74.9 Å². The molecular formula is C45H55N7O8S. The maximum atomic E-state index is 14.9. The van der Waals surface area contributed by atoms with Crippen LogP contribution in [0.2, 0.25) is 0 Å². The van der Waals surface area contributed by atoms with Crippen LogP contribution in [0.3, 0.4) is 0 Å². The number of carbonyl (C=O) groups excluding carboxylic acids is 3. The number of hydrogen-bond donors (Lipinski definition) is 2. The first-order valence-corrected chi connectivity index (χ1v) is 22.5. The number of benzene rings is 1. The Bertz CT molecular complexity index is 2350. The Balaban J connectivity index is 1.14. The zero-order valence-corrected chi connectivity index (χ0v) is 36.3. The fourth-order valence-corrected chi connectivity index (χ4v) is 10.9. The van der Waals surface area contributed by atoms with Crippen LogP contribution in [0.4, 0.5) is 0 Å². The number of thiazole rings is 1. The molecule has 2 N–H and O–H groups in total. The minimum Gasteiger partial charge on any atom is -0.464 e. The first-order valence-electron chi connectivity index (χ1n) is 21.6. The standard InChI is InChI=1S/C45H55N7O8S/c1-25-16-59-39(25)40(53)48-36-38(50-20-45(21-50)23-58-24-45)41-47-33(19-61-41)27-10-11-34-30(14-27)31(15-44(3,4)22-60-43(55)32-9-7-13-51(49-32)42(36)54)37(52(34)28-17-57-18-28)29-8-6-12-46-35(29)26(2)56-5/h6,8,10-12,14,19,25-26,28,32,36,38-39,49H,7,9,13,15-18,20-24H2,1-5H3,(H,48,53)/t25-,26-,32-,36-,38-,39-/m0/s1. The van der Waals surface area contributed by atoms with Crippen LogP contribution >= 0.6 is 11.3 Å². The van der Waals surface area contributed by atoms with Gasteiger partial charge in [0, 0.05) is 77.1 Å². The Hall–Kier alpha value is -4.29. The van der Waals surface area contributed by atoms with Crippen molar-refractivity contribution in [1.82, 2.24) is 35.2 Å². The van der Waals surface area contributed by atoms with Gasteiger partial charge in [0.25, 0.3) is 5.91 Å². The highest BCUT2D eigenvalue weighted by atomic mass is 32.1. The summed E-state index contributed by atoms with van der Waals surface area (Å²) in [5, 5.41) is 8.50. The second kappa shape index (κ2) is 15.8. The molecule has 61 heavy (non-hydrogen) atoms. The molecule has 16 heteroatoms. The maximum Gasteiger partial charge on any atom is 0.324 e. The molecular weight excluding hydrogens is 799 g/mol. The van der Waals surface area contributed by atoms with Gasteiger partial charge >= 0.3 is 5.97 Å². The number of ether oxygens (including phenoxy) is 5. The second-order valence-corrected chi connectivity index (χ2v) is 19.7. The number of aromatic nitrogens is 3. The predicted octanol–water partition coefficient (Wildman–Crippen LogP) is 4.62. The zero-order chi connectivity index (χ0) is 42.2. The molecule has 0 radical (unpaired) electrons.